The zero-order chi connectivity index (χ0) is 35.4. The molecule has 0 bridgehead atoms. The summed E-state index contributed by atoms with van der Waals surface area (Å²) in [4.78, 5) is 70.1. The van der Waals surface area contributed by atoms with Crippen molar-refractivity contribution < 1.29 is 38.5 Å². The van der Waals surface area contributed by atoms with Gasteiger partial charge in [-0.1, -0.05) is 48.5 Å². The lowest BCUT2D eigenvalue weighted by Gasteiger charge is -2.29. The van der Waals surface area contributed by atoms with E-state index >= 15 is 0 Å². The van der Waals surface area contributed by atoms with Crippen LogP contribution < -0.4 is 16.6 Å². The Morgan fingerprint density at radius 2 is 1.52 bits per heavy atom. The molecule has 1 atom stereocenters. The van der Waals surface area contributed by atoms with Gasteiger partial charge in [0.05, 0.1) is 12.1 Å². The van der Waals surface area contributed by atoms with E-state index in [9.17, 15) is 29.1 Å². The van der Waals surface area contributed by atoms with Crippen LogP contribution in [0.2, 0.25) is 0 Å². The molecule has 2 N–H and O–H groups in total. The number of amides is 2. The zero-order valence-electron chi connectivity index (χ0n) is 28.1. The quantitative estimate of drug-likeness (QED) is 0.242. The minimum absolute atomic E-state index is 0.00579. The fourth-order valence-electron chi connectivity index (χ4n) is 5.17. The summed E-state index contributed by atoms with van der Waals surface area (Å²) in [6.45, 7) is 9.49. The third-order valence-corrected chi connectivity index (χ3v) is 7.08. The second-order valence-corrected chi connectivity index (χ2v) is 13.3. The SMILES string of the molecule is Cc1cn(CC(=O)N(CC(O)OC(C)(C)C)OCNC(=O)OCC2c3ccccc3-c3ccccc32)c(=O)n(C(=O)OC(C)(C)C)c1=O. The van der Waals surface area contributed by atoms with Gasteiger partial charge in [-0.25, -0.2) is 24.3 Å². The Hall–Kier alpha value is -4.79. The molecule has 1 aromatic heterocycles. The lowest BCUT2D eigenvalue weighted by molar-refractivity contribution is -0.233. The molecule has 1 aliphatic rings. The van der Waals surface area contributed by atoms with Gasteiger partial charge in [0.2, 0.25) is 0 Å². The van der Waals surface area contributed by atoms with Gasteiger partial charge >= 0.3 is 17.9 Å². The molecule has 2 amide bonds. The van der Waals surface area contributed by atoms with E-state index < -0.39 is 66.7 Å². The number of hydrogen-bond acceptors (Lipinski definition) is 10. The summed E-state index contributed by atoms with van der Waals surface area (Å²) in [5, 5.41) is 13.7. The first-order valence-electron chi connectivity index (χ1n) is 15.4. The number of nitrogens with zero attached hydrogens (tertiary/aromatic N) is 3. The number of ether oxygens (including phenoxy) is 3. The summed E-state index contributed by atoms with van der Waals surface area (Å²) in [5.41, 5.74) is 0.425. The summed E-state index contributed by atoms with van der Waals surface area (Å²) in [7, 11) is 0. The summed E-state index contributed by atoms with van der Waals surface area (Å²) >= 11 is 0. The number of hydroxylamine groups is 2. The highest BCUT2D eigenvalue weighted by Gasteiger charge is 2.30. The van der Waals surface area contributed by atoms with Gasteiger partial charge < -0.3 is 19.3 Å². The first-order valence-corrected chi connectivity index (χ1v) is 15.4. The van der Waals surface area contributed by atoms with Gasteiger partial charge in [0.1, 0.15) is 25.5 Å². The van der Waals surface area contributed by atoms with Crippen LogP contribution in [-0.4, -0.2) is 74.8 Å². The number of aliphatic hydroxyl groups is 1. The highest BCUT2D eigenvalue weighted by atomic mass is 16.7. The van der Waals surface area contributed by atoms with Gasteiger partial charge in [0.25, 0.3) is 11.5 Å². The molecule has 3 aromatic rings. The minimum Gasteiger partial charge on any atom is -0.449 e. The van der Waals surface area contributed by atoms with Crippen molar-refractivity contribution in [2.24, 2.45) is 0 Å². The average Bonchev–Trinajstić information content (AvgIpc) is 3.30. The molecule has 0 fully saturated rings. The molecule has 1 heterocycles. The number of fused-ring (bicyclic) bond motifs is 3. The molecule has 48 heavy (non-hydrogen) atoms. The molecule has 1 aliphatic carbocycles. The van der Waals surface area contributed by atoms with E-state index in [1.165, 1.54) is 6.92 Å². The number of aromatic nitrogens is 2. The maximum absolute atomic E-state index is 13.4. The van der Waals surface area contributed by atoms with Crippen molar-refractivity contribution in [2.75, 3.05) is 19.9 Å². The first-order chi connectivity index (χ1) is 22.4. The minimum atomic E-state index is -1.52. The van der Waals surface area contributed by atoms with Crippen molar-refractivity contribution in [1.82, 2.24) is 19.5 Å². The second-order valence-electron chi connectivity index (χ2n) is 13.3. The largest absolute Gasteiger partial charge is 0.449 e. The molecule has 0 saturated heterocycles. The molecular formula is C34H42N4O10. The third kappa shape index (κ3) is 8.97. The maximum atomic E-state index is 13.4. The van der Waals surface area contributed by atoms with Crippen LogP contribution in [0.3, 0.4) is 0 Å². The molecule has 0 radical (unpaired) electrons. The van der Waals surface area contributed by atoms with Crippen molar-refractivity contribution in [3.8, 4) is 11.1 Å². The van der Waals surface area contributed by atoms with Crippen LogP contribution in [0.5, 0.6) is 0 Å². The van der Waals surface area contributed by atoms with Crippen LogP contribution in [0.4, 0.5) is 9.59 Å². The number of alkyl carbamates (subject to hydrolysis) is 1. The molecule has 2 aromatic carbocycles. The number of carbonyl (C=O) groups is 3. The van der Waals surface area contributed by atoms with Crippen LogP contribution in [0.15, 0.2) is 64.3 Å². The second kappa shape index (κ2) is 14.5. The molecule has 4 rings (SSSR count). The van der Waals surface area contributed by atoms with Gasteiger partial charge in [0, 0.05) is 17.7 Å². The Bertz CT molecular complexity index is 1740. The highest BCUT2D eigenvalue weighted by molar-refractivity contribution is 5.79. The van der Waals surface area contributed by atoms with Gasteiger partial charge in [-0.2, -0.15) is 4.57 Å². The third-order valence-electron chi connectivity index (χ3n) is 7.08. The molecular weight excluding hydrogens is 624 g/mol. The standard InChI is InChI=1S/C34H42N4O10/c1-21-16-36(31(43)38(29(21)41)32(44)48-34(5,6)7)17-27(39)37(18-28(40)47-33(2,3)4)46-20-35-30(42)45-19-26-24-14-10-8-12-22(24)23-13-9-11-15-25(23)26/h8-16,26,28,40H,17-20H2,1-7H3,(H,35,42). The molecule has 0 spiro atoms. The Labute approximate surface area is 277 Å². The van der Waals surface area contributed by atoms with E-state index in [0.29, 0.717) is 9.63 Å². The molecule has 0 aliphatic heterocycles. The fourth-order valence-corrected chi connectivity index (χ4v) is 5.17. The average molecular weight is 667 g/mol. The number of aliphatic hydroxyl groups excluding tert-OH is 1. The topological polar surface area (TPSA) is 168 Å². The monoisotopic (exact) mass is 666 g/mol. The maximum Gasteiger partial charge on any atom is 0.425 e. The zero-order valence-corrected chi connectivity index (χ0v) is 28.1. The van der Waals surface area contributed by atoms with E-state index in [0.717, 1.165) is 33.0 Å². The van der Waals surface area contributed by atoms with Crippen molar-refractivity contribution in [2.45, 2.75) is 78.4 Å². The number of carbonyl (C=O) groups excluding carboxylic acids is 3. The lowest BCUT2D eigenvalue weighted by atomic mass is 9.98. The number of hydrogen-bond donors (Lipinski definition) is 2. The first kappa shape index (κ1) is 36.1. The Morgan fingerprint density at radius 3 is 2.08 bits per heavy atom. The van der Waals surface area contributed by atoms with Gasteiger partial charge in [-0.3, -0.25) is 19.5 Å². The number of aryl methyl sites for hydroxylation is 1. The van der Waals surface area contributed by atoms with E-state index in [2.05, 4.69) is 5.32 Å². The van der Waals surface area contributed by atoms with Crippen molar-refractivity contribution in [1.29, 1.82) is 0 Å². The van der Waals surface area contributed by atoms with Crippen LogP contribution >= 0.6 is 0 Å². The van der Waals surface area contributed by atoms with E-state index in [1.807, 2.05) is 48.5 Å². The molecule has 14 heteroatoms. The summed E-state index contributed by atoms with van der Waals surface area (Å²) in [6.07, 6.45) is -2.40. The van der Waals surface area contributed by atoms with Crippen molar-refractivity contribution >= 4 is 18.1 Å². The van der Waals surface area contributed by atoms with Gasteiger partial charge in [-0.15, -0.1) is 0 Å². The van der Waals surface area contributed by atoms with E-state index in [-0.39, 0.29) is 18.1 Å². The normalized spacial score (nSPS) is 13.3. The van der Waals surface area contributed by atoms with Crippen LogP contribution in [0.1, 0.15) is 64.2 Å². The smallest absolute Gasteiger partial charge is 0.425 e. The Kier molecular flexibility index (Phi) is 10.9. The number of nitrogens with one attached hydrogen (secondary N) is 1. The molecule has 258 valence electrons. The predicted octanol–water partition coefficient (Wildman–Crippen LogP) is 3.49. The summed E-state index contributed by atoms with van der Waals surface area (Å²) < 4.78 is 17.3. The van der Waals surface area contributed by atoms with Crippen LogP contribution in [0, 0.1) is 6.92 Å². The summed E-state index contributed by atoms with van der Waals surface area (Å²) in [6, 6.07) is 15.8. The van der Waals surface area contributed by atoms with E-state index in [1.54, 1.807) is 41.5 Å². The van der Waals surface area contributed by atoms with Crippen LogP contribution in [-0.2, 0) is 30.4 Å². The molecule has 14 nitrogen and oxygen atoms in total. The van der Waals surface area contributed by atoms with E-state index in [4.69, 9.17) is 19.0 Å². The summed E-state index contributed by atoms with van der Waals surface area (Å²) in [5.74, 6) is -1.03. The molecule has 1 unspecified atom stereocenters. The van der Waals surface area contributed by atoms with Gasteiger partial charge in [0.15, 0.2) is 6.29 Å². The van der Waals surface area contributed by atoms with Crippen molar-refractivity contribution in [3.05, 3.63) is 92.3 Å². The Morgan fingerprint density at radius 1 is 0.938 bits per heavy atom. The Balaban J connectivity index is 1.44. The lowest BCUT2D eigenvalue weighted by Crippen LogP contribution is -2.49. The highest BCUT2D eigenvalue weighted by Crippen LogP contribution is 2.44. The number of rotatable bonds is 10. The fraction of sp³-hybridized carbons (Fsp3) is 0.441. The van der Waals surface area contributed by atoms with Crippen molar-refractivity contribution in [3.63, 3.8) is 0 Å². The molecule has 0 saturated carbocycles. The van der Waals surface area contributed by atoms with Gasteiger partial charge in [-0.05, 0) is 70.7 Å². The number of benzene rings is 2. The predicted molar refractivity (Wildman–Crippen MR) is 174 cm³/mol. The van der Waals surface area contributed by atoms with Crippen LogP contribution in [0.25, 0.3) is 11.1 Å².